The van der Waals surface area contributed by atoms with Gasteiger partial charge in [0.05, 0.1) is 13.7 Å². The van der Waals surface area contributed by atoms with Gasteiger partial charge in [-0.2, -0.15) is 8.78 Å². The Morgan fingerprint density at radius 2 is 1.66 bits per heavy atom. The van der Waals surface area contributed by atoms with E-state index in [4.69, 9.17) is 4.74 Å². The van der Waals surface area contributed by atoms with Gasteiger partial charge < -0.3 is 19.3 Å². The Morgan fingerprint density at radius 3 is 2.28 bits per heavy atom. The molecule has 1 aromatic rings. The Labute approximate surface area is 169 Å². The lowest BCUT2D eigenvalue weighted by molar-refractivity contribution is -0.133. The summed E-state index contributed by atoms with van der Waals surface area (Å²) >= 11 is 0. The van der Waals surface area contributed by atoms with Crippen LogP contribution in [0, 0.1) is 0 Å². The SMILES string of the molecule is COc1cc(C(=O)N2CCN(CC(=O)N3CCCCC3)CC2)ccc1OC(F)F. The fourth-order valence-electron chi connectivity index (χ4n) is 3.72. The highest BCUT2D eigenvalue weighted by Gasteiger charge is 2.26. The van der Waals surface area contributed by atoms with Gasteiger partial charge in [-0.3, -0.25) is 14.5 Å². The second-order valence-electron chi connectivity index (χ2n) is 7.25. The fourth-order valence-corrected chi connectivity index (χ4v) is 3.72. The van der Waals surface area contributed by atoms with Crippen LogP contribution in [0.15, 0.2) is 18.2 Å². The third-order valence-electron chi connectivity index (χ3n) is 5.35. The molecule has 0 bridgehead atoms. The van der Waals surface area contributed by atoms with E-state index in [9.17, 15) is 18.4 Å². The maximum Gasteiger partial charge on any atom is 0.387 e. The highest BCUT2D eigenvalue weighted by atomic mass is 19.3. The summed E-state index contributed by atoms with van der Waals surface area (Å²) in [4.78, 5) is 30.9. The fraction of sp³-hybridized carbons (Fsp3) is 0.600. The molecule has 29 heavy (non-hydrogen) atoms. The molecule has 0 radical (unpaired) electrons. The van der Waals surface area contributed by atoms with E-state index in [-0.39, 0.29) is 23.3 Å². The number of rotatable bonds is 6. The molecule has 7 nitrogen and oxygen atoms in total. The number of carbonyl (C=O) groups excluding carboxylic acids is 2. The van der Waals surface area contributed by atoms with E-state index in [1.54, 1.807) is 4.90 Å². The molecule has 0 spiro atoms. The zero-order valence-corrected chi connectivity index (χ0v) is 16.6. The predicted octanol–water partition coefficient (Wildman–Crippen LogP) is 2.07. The Balaban J connectivity index is 1.53. The van der Waals surface area contributed by atoms with E-state index in [0.717, 1.165) is 25.9 Å². The van der Waals surface area contributed by atoms with Gasteiger partial charge in [0.1, 0.15) is 0 Å². The average Bonchev–Trinajstić information content (AvgIpc) is 2.74. The number of hydrogen-bond acceptors (Lipinski definition) is 5. The van der Waals surface area contributed by atoms with Crippen molar-refractivity contribution in [1.29, 1.82) is 0 Å². The van der Waals surface area contributed by atoms with E-state index in [0.29, 0.717) is 38.3 Å². The molecule has 0 aliphatic carbocycles. The summed E-state index contributed by atoms with van der Waals surface area (Å²) in [6.45, 7) is 1.34. The second-order valence-corrected chi connectivity index (χ2v) is 7.25. The second kappa shape index (κ2) is 9.87. The molecule has 0 unspecified atom stereocenters. The molecule has 2 heterocycles. The van der Waals surface area contributed by atoms with Crippen molar-refractivity contribution in [2.75, 3.05) is 52.9 Å². The first kappa shape index (κ1) is 21.3. The minimum absolute atomic E-state index is 0.0851. The van der Waals surface area contributed by atoms with Crippen molar-refractivity contribution in [2.45, 2.75) is 25.9 Å². The summed E-state index contributed by atoms with van der Waals surface area (Å²) in [5, 5.41) is 0. The Morgan fingerprint density at radius 1 is 0.966 bits per heavy atom. The van der Waals surface area contributed by atoms with Crippen LogP contribution in [0.4, 0.5) is 8.78 Å². The number of nitrogens with zero attached hydrogens (tertiary/aromatic N) is 3. The van der Waals surface area contributed by atoms with Crippen LogP contribution in [0.5, 0.6) is 11.5 Å². The van der Waals surface area contributed by atoms with Crippen molar-refractivity contribution >= 4 is 11.8 Å². The first-order valence-electron chi connectivity index (χ1n) is 9.90. The van der Waals surface area contributed by atoms with Crippen LogP contribution in [0.25, 0.3) is 0 Å². The molecule has 0 atom stereocenters. The van der Waals surface area contributed by atoms with Crippen molar-refractivity contribution in [3.8, 4) is 11.5 Å². The zero-order valence-electron chi connectivity index (χ0n) is 16.6. The number of alkyl halides is 2. The van der Waals surface area contributed by atoms with Crippen molar-refractivity contribution in [3.05, 3.63) is 23.8 Å². The number of ether oxygens (including phenoxy) is 2. The van der Waals surface area contributed by atoms with Gasteiger partial charge >= 0.3 is 6.61 Å². The third kappa shape index (κ3) is 5.56. The smallest absolute Gasteiger partial charge is 0.387 e. The summed E-state index contributed by atoms with van der Waals surface area (Å²) in [7, 11) is 1.33. The highest BCUT2D eigenvalue weighted by Crippen LogP contribution is 2.30. The number of benzene rings is 1. The number of piperazine rings is 1. The van der Waals surface area contributed by atoms with Crippen molar-refractivity contribution in [2.24, 2.45) is 0 Å². The summed E-state index contributed by atoms with van der Waals surface area (Å²) in [5.41, 5.74) is 0.348. The minimum atomic E-state index is -2.97. The van der Waals surface area contributed by atoms with Crippen LogP contribution >= 0.6 is 0 Å². The van der Waals surface area contributed by atoms with Crippen molar-refractivity contribution in [1.82, 2.24) is 14.7 Å². The Kier molecular flexibility index (Phi) is 7.24. The predicted molar refractivity (Wildman–Crippen MR) is 102 cm³/mol. The monoisotopic (exact) mass is 411 g/mol. The van der Waals surface area contributed by atoms with Crippen molar-refractivity contribution < 1.29 is 27.8 Å². The Bertz CT molecular complexity index is 718. The first-order chi connectivity index (χ1) is 14.0. The van der Waals surface area contributed by atoms with Gasteiger partial charge in [0.25, 0.3) is 5.91 Å². The number of piperidine rings is 1. The van der Waals surface area contributed by atoms with Gasteiger partial charge in [-0.05, 0) is 37.5 Å². The number of amides is 2. The summed E-state index contributed by atoms with van der Waals surface area (Å²) < 4.78 is 34.4. The molecule has 0 saturated carbocycles. The van der Waals surface area contributed by atoms with Gasteiger partial charge in [0.2, 0.25) is 5.91 Å². The van der Waals surface area contributed by atoms with Gasteiger partial charge in [-0.1, -0.05) is 0 Å². The molecule has 3 rings (SSSR count). The number of hydrogen-bond donors (Lipinski definition) is 0. The molecule has 0 aromatic heterocycles. The maximum atomic E-state index is 12.8. The van der Waals surface area contributed by atoms with E-state index in [1.165, 1.54) is 31.7 Å². The number of methoxy groups -OCH3 is 1. The van der Waals surface area contributed by atoms with E-state index in [2.05, 4.69) is 9.64 Å². The number of carbonyl (C=O) groups is 2. The molecule has 9 heteroatoms. The van der Waals surface area contributed by atoms with Crippen LogP contribution in [0.2, 0.25) is 0 Å². The number of halogens is 2. The molecular weight excluding hydrogens is 384 g/mol. The van der Waals surface area contributed by atoms with Gasteiger partial charge in [0, 0.05) is 44.8 Å². The molecular formula is C20H27F2N3O4. The first-order valence-corrected chi connectivity index (χ1v) is 9.90. The van der Waals surface area contributed by atoms with Crippen LogP contribution in [0.3, 0.4) is 0 Å². The molecule has 0 N–H and O–H groups in total. The van der Waals surface area contributed by atoms with Crippen molar-refractivity contribution in [3.63, 3.8) is 0 Å². The maximum absolute atomic E-state index is 12.8. The molecule has 2 aliphatic heterocycles. The molecule has 160 valence electrons. The molecule has 2 amide bonds. The van der Waals surface area contributed by atoms with Crippen LogP contribution in [-0.2, 0) is 4.79 Å². The molecule has 2 fully saturated rings. The van der Waals surface area contributed by atoms with Gasteiger partial charge in [0.15, 0.2) is 11.5 Å². The lowest BCUT2D eigenvalue weighted by Gasteiger charge is -2.36. The minimum Gasteiger partial charge on any atom is -0.493 e. The standard InChI is InChI=1S/C20H27F2N3O4/c1-28-17-13-15(5-6-16(17)29-20(21)22)19(27)25-11-9-23(10-12-25)14-18(26)24-7-3-2-4-8-24/h5-6,13,20H,2-4,7-12,14H2,1H3. The van der Waals surface area contributed by atoms with Gasteiger partial charge in [-0.25, -0.2) is 0 Å². The lowest BCUT2D eigenvalue weighted by atomic mass is 10.1. The Hall–Kier alpha value is -2.42. The highest BCUT2D eigenvalue weighted by molar-refractivity contribution is 5.95. The summed E-state index contributed by atoms with van der Waals surface area (Å²) in [6, 6.07) is 4.17. The molecule has 1 aromatic carbocycles. The lowest BCUT2D eigenvalue weighted by Crippen LogP contribution is -2.52. The van der Waals surface area contributed by atoms with Crippen LogP contribution in [-0.4, -0.2) is 86.0 Å². The quantitative estimate of drug-likeness (QED) is 0.717. The summed E-state index contributed by atoms with van der Waals surface area (Å²) in [6.07, 6.45) is 3.32. The molecule has 2 aliphatic rings. The number of likely N-dealkylation sites (tertiary alicyclic amines) is 1. The largest absolute Gasteiger partial charge is 0.493 e. The third-order valence-corrected chi connectivity index (χ3v) is 5.35. The van der Waals surface area contributed by atoms with Crippen LogP contribution in [0.1, 0.15) is 29.6 Å². The average molecular weight is 411 g/mol. The summed E-state index contributed by atoms with van der Waals surface area (Å²) in [5.74, 6) is -0.0697. The van der Waals surface area contributed by atoms with Gasteiger partial charge in [-0.15, -0.1) is 0 Å². The topological polar surface area (TPSA) is 62.3 Å². The molecule has 2 saturated heterocycles. The van der Waals surface area contributed by atoms with Crippen LogP contribution < -0.4 is 9.47 Å². The zero-order chi connectivity index (χ0) is 20.8. The van der Waals surface area contributed by atoms with E-state index < -0.39 is 6.61 Å². The van der Waals surface area contributed by atoms with E-state index in [1.807, 2.05) is 4.90 Å². The van der Waals surface area contributed by atoms with E-state index >= 15 is 0 Å². The normalized spacial score (nSPS) is 18.1.